The highest BCUT2D eigenvalue weighted by Crippen LogP contribution is 2.25. The van der Waals surface area contributed by atoms with E-state index in [0.29, 0.717) is 6.04 Å². The van der Waals surface area contributed by atoms with Crippen LogP contribution in [0.4, 0.5) is 5.69 Å². The van der Waals surface area contributed by atoms with Crippen LogP contribution in [0, 0.1) is 0 Å². The van der Waals surface area contributed by atoms with E-state index in [9.17, 15) is 0 Å². The largest absolute Gasteiger partial charge is 0.491 e. The lowest BCUT2D eigenvalue weighted by Gasteiger charge is -2.21. The molecular formula is C17H28N2O. The fourth-order valence-corrected chi connectivity index (χ4v) is 2.58. The van der Waals surface area contributed by atoms with Gasteiger partial charge in [-0.05, 0) is 44.9 Å². The van der Waals surface area contributed by atoms with Crippen molar-refractivity contribution in [3.8, 4) is 5.75 Å². The van der Waals surface area contributed by atoms with Gasteiger partial charge in [-0.15, -0.1) is 0 Å². The molecule has 1 aliphatic rings. The van der Waals surface area contributed by atoms with Gasteiger partial charge in [-0.1, -0.05) is 19.9 Å². The van der Waals surface area contributed by atoms with Gasteiger partial charge in [-0.25, -0.2) is 0 Å². The molecule has 0 aromatic heterocycles. The Balaban J connectivity index is 1.94. The minimum atomic E-state index is 0.280. The van der Waals surface area contributed by atoms with E-state index in [0.717, 1.165) is 31.8 Å². The van der Waals surface area contributed by atoms with Crippen LogP contribution in [0.1, 0.15) is 40.0 Å². The van der Waals surface area contributed by atoms with E-state index in [-0.39, 0.29) is 6.10 Å². The Labute approximate surface area is 123 Å². The summed E-state index contributed by atoms with van der Waals surface area (Å²) in [5, 5.41) is 3.61. The number of hydrogen-bond acceptors (Lipinski definition) is 3. The van der Waals surface area contributed by atoms with E-state index >= 15 is 0 Å². The van der Waals surface area contributed by atoms with Gasteiger partial charge in [0.2, 0.25) is 0 Å². The number of anilines is 1. The van der Waals surface area contributed by atoms with E-state index in [1.54, 1.807) is 0 Å². The van der Waals surface area contributed by atoms with Crippen LogP contribution in [0.15, 0.2) is 24.3 Å². The third-order valence-corrected chi connectivity index (χ3v) is 3.97. The fraction of sp³-hybridized carbons (Fsp3) is 0.647. The summed E-state index contributed by atoms with van der Waals surface area (Å²) >= 11 is 0. The number of hydrogen-bond donors (Lipinski definition) is 1. The Morgan fingerprint density at radius 3 is 3.00 bits per heavy atom. The summed E-state index contributed by atoms with van der Waals surface area (Å²) in [7, 11) is 0. The van der Waals surface area contributed by atoms with Gasteiger partial charge in [0.05, 0.1) is 6.10 Å². The van der Waals surface area contributed by atoms with Crippen LogP contribution in [0.5, 0.6) is 5.75 Å². The number of rotatable bonds is 7. The van der Waals surface area contributed by atoms with E-state index in [2.05, 4.69) is 55.3 Å². The summed E-state index contributed by atoms with van der Waals surface area (Å²) in [5.74, 6) is 0.988. The first kappa shape index (κ1) is 15.2. The second kappa shape index (κ2) is 7.53. The van der Waals surface area contributed by atoms with Gasteiger partial charge in [0, 0.05) is 30.9 Å². The zero-order chi connectivity index (χ0) is 14.4. The average molecular weight is 276 g/mol. The second-order valence-electron chi connectivity index (χ2n) is 5.72. The minimum absolute atomic E-state index is 0.280. The lowest BCUT2D eigenvalue weighted by atomic mass is 10.2. The Morgan fingerprint density at radius 1 is 1.40 bits per heavy atom. The molecule has 1 aromatic rings. The molecule has 0 radical (unpaired) electrons. The van der Waals surface area contributed by atoms with Crippen LogP contribution < -0.4 is 15.0 Å². The first-order valence-electron chi connectivity index (χ1n) is 7.98. The summed E-state index contributed by atoms with van der Waals surface area (Å²) in [5.41, 5.74) is 1.28. The van der Waals surface area contributed by atoms with Gasteiger partial charge in [0.1, 0.15) is 5.75 Å². The molecule has 0 spiro atoms. The predicted octanol–water partition coefficient (Wildman–Crippen LogP) is 3.44. The summed E-state index contributed by atoms with van der Waals surface area (Å²) in [6.45, 7) is 9.85. The van der Waals surface area contributed by atoms with Gasteiger partial charge in [-0.3, -0.25) is 0 Å². The molecule has 1 N–H and O–H groups in total. The fourth-order valence-electron chi connectivity index (χ4n) is 2.58. The highest BCUT2D eigenvalue weighted by Gasteiger charge is 2.22. The molecule has 2 atom stereocenters. The molecule has 1 heterocycles. The quantitative estimate of drug-likeness (QED) is 0.825. The zero-order valence-corrected chi connectivity index (χ0v) is 13.1. The molecule has 1 aliphatic heterocycles. The first-order chi connectivity index (χ1) is 9.72. The van der Waals surface area contributed by atoms with Crippen LogP contribution >= 0.6 is 0 Å². The summed E-state index contributed by atoms with van der Waals surface area (Å²) in [6, 6.07) is 9.15. The molecule has 1 aromatic carbocycles. The highest BCUT2D eigenvalue weighted by molar-refractivity contribution is 5.51. The standard InChI is InChI=1S/C17H28N2O/c1-4-10-18-15-9-11-19(13-15)16-7-6-8-17(12-16)20-14(3)5-2/h6-8,12,14-15,18H,4-5,9-11,13H2,1-3H3. The van der Waals surface area contributed by atoms with Gasteiger partial charge in [-0.2, -0.15) is 0 Å². The Hall–Kier alpha value is -1.22. The van der Waals surface area contributed by atoms with Crippen molar-refractivity contribution in [2.75, 3.05) is 24.5 Å². The van der Waals surface area contributed by atoms with Crippen LogP contribution in [-0.4, -0.2) is 31.8 Å². The van der Waals surface area contributed by atoms with Crippen molar-refractivity contribution in [3.05, 3.63) is 24.3 Å². The Kier molecular flexibility index (Phi) is 5.72. The van der Waals surface area contributed by atoms with Crippen molar-refractivity contribution in [2.24, 2.45) is 0 Å². The summed E-state index contributed by atoms with van der Waals surface area (Å²) < 4.78 is 5.91. The molecule has 2 unspecified atom stereocenters. The third-order valence-electron chi connectivity index (χ3n) is 3.97. The maximum atomic E-state index is 5.91. The van der Waals surface area contributed by atoms with Crippen LogP contribution in [0.3, 0.4) is 0 Å². The monoisotopic (exact) mass is 276 g/mol. The highest BCUT2D eigenvalue weighted by atomic mass is 16.5. The lowest BCUT2D eigenvalue weighted by Crippen LogP contribution is -2.32. The van der Waals surface area contributed by atoms with E-state index in [1.807, 2.05) is 0 Å². The molecule has 1 saturated heterocycles. The van der Waals surface area contributed by atoms with Crippen molar-refractivity contribution in [3.63, 3.8) is 0 Å². The van der Waals surface area contributed by atoms with Crippen molar-refractivity contribution in [2.45, 2.75) is 52.2 Å². The number of ether oxygens (including phenoxy) is 1. The maximum Gasteiger partial charge on any atom is 0.121 e. The van der Waals surface area contributed by atoms with Crippen molar-refractivity contribution < 1.29 is 4.74 Å². The normalized spacial score (nSPS) is 20.1. The minimum Gasteiger partial charge on any atom is -0.491 e. The van der Waals surface area contributed by atoms with E-state index in [1.165, 1.54) is 18.5 Å². The number of nitrogens with one attached hydrogen (secondary N) is 1. The summed E-state index contributed by atoms with van der Waals surface area (Å²) in [4.78, 5) is 2.46. The van der Waals surface area contributed by atoms with Gasteiger partial charge in [0.15, 0.2) is 0 Å². The van der Waals surface area contributed by atoms with Crippen molar-refractivity contribution in [1.82, 2.24) is 5.32 Å². The van der Waals surface area contributed by atoms with E-state index in [4.69, 9.17) is 4.74 Å². The zero-order valence-electron chi connectivity index (χ0n) is 13.1. The molecule has 2 rings (SSSR count). The van der Waals surface area contributed by atoms with Crippen molar-refractivity contribution >= 4 is 5.69 Å². The molecule has 3 nitrogen and oxygen atoms in total. The van der Waals surface area contributed by atoms with Crippen LogP contribution in [0.25, 0.3) is 0 Å². The lowest BCUT2D eigenvalue weighted by molar-refractivity contribution is 0.217. The van der Waals surface area contributed by atoms with Crippen LogP contribution in [0.2, 0.25) is 0 Å². The topological polar surface area (TPSA) is 24.5 Å². The van der Waals surface area contributed by atoms with Crippen LogP contribution in [-0.2, 0) is 0 Å². The molecular weight excluding hydrogens is 248 g/mol. The second-order valence-corrected chi connectivity index (χ2v) is 5.72. The first-order valence-corrected chi connectivity index (χ1v) is 7.98. The molecule has 20 heavy (non-hydrogen) atoms. The third kappa shape index (κ3) is 4.14. The molecule has 1 fully saturated rings. The predicted molar refractivity (Wildman–Crippen MR) is 85.7 cm³/mol. The Bertz CT molecular complexity index is 408. The molecule has 0 aliphatic carbocycles. The molecule has 3 heteroatoms. The Morgan fingerprint density at radius 2 is 2.25 bits per heavy atom. The molecule has 112 valence electrons. The van der Waals surface area contributed by atoms with E-state index < -0.39 is 0 Å². The molecule has 0 bridgehead atoms. The average Bonchev–Trinajstić information content (AvgIpc) is 2.94. The van der Waals surface area contributed by atoms with Gasteiger partial charge in [0.25, 0.3) is 0 Å². The molecule has 0 amide bonds. The number of benzene rings is 1. The van der Waals surface area contributed by atoms with Gasteiger partial charge >= 0.3 is 0 Å². The van der Waals surface area contributed by atoms with Gasteiger partial charge < -0.3 is 15.0 Å². The molecule has 0 saturated carbocycles. The SMILES string of the molecule is CCCNC1CCN(c2cccc(OC(C)CC)c2)C1. The number of nitrogens with zero attached hydrogens (tertiary/aromatic N) is 1. The summed E-state index contributed by atoms with van der Waals surface area (Å²) in [6.07, 6.45) is 3.75. The smallest absolute Gasteiger partial charge is 0.121 e. The maximum absolute atomic E-state index is 5.91. The van der Waals surface area contributed by atoms with Crippen molar-refractivity contribution in [1.29, 1.82) is 0 Å².